The zero-order valence-electron chi connectivity index (χ0n) is 14.7. The van der Waals surface area contributed by atoms with Gasteiger partial charge in [-0.05, 0) is 31.9 Å². The van der Waals surface area contributed by atoms with Crippen LogP contribution in [-0.2, 0) is 25.5 Å². The zero-order chi connectivity index (χ0) is 18.2. The third kappa shape index (κ3) is 8.74. The molecule has 1 atom stereocenters. The Bertz CT molecular complexity index is 576. The second kappa shape index (κ2) is 10.3. The van der Waals surface area contributed by atoms with Crippen LogP contribution in [0, 0.1) is 0 Å². The highest BCUT2D eigenvalue weighted by Crippen LogP contribution is 2.10. The van der Waals surface area contributed by atoms with Crippen LogP contribution < -0.4 is 5.32 Å². The number of nitrogens with zero attached hydrogens (tertiary/aromatic N) is 1. The lowest BCUT2D eigenvalue weighted by molar-refractivity contribution is -0.143. The van der Waals surface area contributed by atoms with Crippen LogP contribution in [-0.4, -0.2) is 44.1 Å². The minimum Gasteiger partial charge on any atom is -0.467 e. The Kier molecular flexibility index (Phi) is 9.27. The number of amides is 1. The lowest BCUT2D eigenvalue weighted by Crippen LogP contribution is -2.45. The van der Waals surface area contributed by atoms with Crippen LogP contribution in [0.2, 0.25) is 0 Å². The van der Waals surface area contributed by atoms with Crippen molar-refractivity contribution in [3.63, 3.8) is 0 Å². The number of carbonyl (C=O) groups excluding carboxylic acids is 2. The highest BCUT2D eigenvalue weighted by molar-refractivity contribution is 5.82. The molecule has 1 aromatic rings. The molecule has 0 saturated heterocycles. The third-order valence-electron chi connectivity index (χ3n) is 2.90. The summed E-state index contributed by atoms with van der Waals surface area (Å²) in [7, 11) is 2.74. The van der Waals surface area contributed by atoms with Crippen molar-refractivity contribution in [3.05, 3.63) is 35.4 Å². The largest absolute Gasteiger partial charge is 0.467 e. The first-order chi connectivity index (χ1) is 11.2. The average molecular weight is 352 g/mol. The van der Waals surface area contributed by atoms with Gasteiger partial charge in [0.05, 0.1) is 13.3 Å². The Labute approximate surface area is 149 Å². The first kappa shape index (κ1) is 22.4. The van der Waals surface area contributed by atoms with E-state index in [9.17, 15) is 9.59 Å². The predicted octanol–water partition coefficient (Wildman–Crippen LogP) is 2.91. The van der Waals surface area contributed by atoms with Crippen molar-refractivity contribution in [2.24, 2.45) is 5.16 Å². The second-order valence-electron chi connectivity index (χ2n) is 6.08. The highest BCUT2D eigenvalue weighted by Gasteiger charge is 2.25. The Morgan fingerprint density at radius 1 is 1.20 bits per heavy atom. The van der Waals surface area contributed by atoms with Crippen molar-refractivity contribution in [3.8, 4) is 0 Å². The molecule has 0 fully saturated rings. The predicted molar refractivity (Wildman–Crippen MR) is 96.7 cm³/mol. The summed E-state index contributed by atoms with van der Waals surface area (Å²) in [6.07, 6.45) is 1.19. The summed E-state index contributed by atoms with van der Waals surface area (Å²) < 4.78 is 9.92. The van der Waals surface area contributed by atoms with Gasteiger partial charge in [-0.15, -0.1) is 0 Å². The van der Waals surface area contributed by atoms with Crippen LogP contribution >= 0.6 is 0 Å². The highest BCUT2D eigenvalue weighted by atomic mass is 16.6. The van der Waals surface area contributed by atoms with E-state index in [1.54, 1.807) is 27.0 Å². The molecule has 1 rings (SSSR count). The number of carbonyl (C=O) groups is 2. The Hall–Kier alpha value is -2.57. The van der Waals surface area contributed by atoms with Gasteiger partial charge < -0.3 is 19.6 Å². The first-order valence-electron chi connectivity index (χ1n) is 7.48. The molecule has 7 heteroatoms. The molecule has 0 aliphatic carbocycles. The monoisotopic (exact) mass is 352 g/mol. The quantitative estimate of drug-likeness (QED) is 0.483. The summed E-state index contributed by atoms with van der Waals surface area (Å²) in [4.78, 5) is 28.4. The summed E-state index contributed by atoms with van der Waals surface area (Å²) in [5, 5.41) is 6.21. The Morgan fingerprint density at radius 2 is 1.80 bits per heavy atom. The van der Waals surface area contributed by atoms with Crippen LogP contribution in [0.3, 0.4) is 0 Å². The summed E-state index contributed by atoms with van der Waals surface area (Å²) in [6.45, 7) is 5.25. The van der Waals surface area contributed by atoms with Gasteiger partial charge in [0.15, 0.2) is 0 Å². The van der Waals surface area contributed by atoms with E-state index >= 15 is 0 Å². The molecule has 0 aliphatic rings. The molecule has 0 aromatic heterocycles. The number of oxime groups is 1. The minimum atomic E-state index is -0.830. The molecule has 25 heavy (non-hydrogen) atoms. The lowest BCUT2D eigenvalue weighted by atomic mass is 10.0. The molecule has 7 nitrogen and oxygen atoms in total. The normalized spacial score (nSPS) is 12.0. The lowest BCUT2D eigenvalue weighted by Gasteiger charge is -2.22. The van der Waals surface area contributed by atoms with Gasteiger partial charge in [0, 0.05) is 6.42 Å². The number of nitrogens with one attached hydrogen (secondary N) is 1. The van der Waals surface area contributed by atoms with E-state index in [-0.39, 0.29) is 13.8 Å². The molecular weight excluding hydrogens is 324 g/mol. The van der Waals surface area contributed by atoms with Crippen molar-refractivity contribution in [2.75, 3.05) is 14.2 Å². The number of methoxy groups -OCH3 is 1. The smallest absolute Gasteiger partial charge is 0.408 e. The summed E-state index contributed by atoms with van der Waals surface area (Å²) in [5.41, 5.74) is 1.07. The maximum atomic E-state index is 11.9. The fourth-order valence-electron chi connectivity index (χ4n) is 1.87. The number of rotatable bonds is 6. The van der Waals surface area contributed by atoms with E-state index in [1.165, 1.54) is 14.2 Å². The van der Waals surface area contributed by atoms with E-state index in [0.717, 1.165) is 11.1 Å². The van der Waals surface area contributed by atoms with Gasteiger partial charge in [-0.1, -0.05) is 36.8 Å². The topological polar surface area (TPSA) is 86.2 Å². The van der Waals surface area contributed by atoms with Gasteiger partial charge in [-0.3, -0.25) is 0 Å². The van der Waals surface area contributed by atoms with E-state index in [1.807, 2.05) is 24.3 Å². The molecule has 0 heterocycles. The molecule has 140 valence electrons. The molecule has 1 aromatic carbocycles. The van der Waals surface area contributed by atoms with Gasteiger partial charge in [0.2, 0.25) is 0 Å². The average Bonchev–Trinajstić information content (AvgIpc) is 2.51. The second-order valence-corrected chi connectivity index (χ2v) is 6.08. The van der Waals surface area contributed by atoms with Crippen molar-refractivity contribution in [1.29, 1.82) is 0 Å². The van der Waals surface area contributed by atoms with Crippen LogP contribution in [0.15, 0.2) is 29.4 Å². The Morgan fingerprint density at radius 3 is 2.28 bits per heavy atom. The van der Waals surface area contributed by atoms with Gasteiger partial charge in [-0.25, -0.2) is 9.59 Å². The first-order valence-corrected chi connectivity index (χ1v) is 7.48. The maximum Gasteiger partial charge on any atom is 0.408 e. The van der Waals surface area contributed by atoms with Crippen molar-refractivity contribution < 1.29 is 23.9 Å². The molecular formula is C18H28N2O5. The van der Waals surface area contributed by atoms with E-state index in [0.29, 0.717) is 0 Å². The SMILES string of the molecule is C.CO/N=C/c1ccc(CC(NC(=O)OC(C)(C)C)C(=O)OC)cc1. The summed E-state index contributed by atoms with van der Waals surface area (Å²) in [6, 6.07) is 6.51. The van der Waals surface area contributed by atoms with E-state index in [4.69, 9.17) is 9.47 Å². The van der Waals surface area contributed by atoms with Crippen molar-refractivity contribution in [2.45, 2.75) is 46.3 Å². The summed E-state index contributed by atoms with van der Waals surface area (Å²) >= 11 is 0. The number of benzene rings is 1. The van der Waals surface area contributed by atoms with Gasteiger partial charge >= 0.3 is 12.1 Å². The molecule has 0 radical (unpaired) electrons. The zero-order valence-corrected chi connectivity index (χ0v) is 14.7. The number of hydrogen-bond donors (Lipinski definition) is 1. The fourth-order valence-corrected chi connectivity index (χ4v) is 1.87. The van der Waals surface area contributed by atoms with Crippen LogP contribution in [0.4, 0.5) is 4.79 Å². The number of esters is 1. The van der Waals surface area contributed by atoms with Crippen LogP contribution in [0.5, 0.6) is 0 Å². The molecule has 1 N–H and O–H groups in total. The molecule has 0 spiro atoms. The minimum absolute atomic E-state index is 0. The van der Waals surface area contributed by atoms with Gasteiger partial charge in [0.25, 0.3) is 0 Å². The fraction of sp³-hybridized carbons (Fsp3) is 0.500. The van der Waals surface area contributed by atoms with E-state index in [2.05, 4.69) is 15.3 Å². The number of ether oxygens (including phenoxy) is 2. The van der Waals surface area contributed by atoms with Gasteiger partial charge in [-0.2, -0.15) is 0 Å². The maximum absolute atomic E-state index is 11.9. The summed E-state index contributed by atoms with van der Waals surface area (Å²) in [5.74, 6) is -0.536. The van der Waals surface area contributed by atoms with Crippen LogP contribution in [0.25, 0.3) is 0 Å². The van der Waals surface area contributed by atoms with Gasteiger partial charge in [0.1, 0.15) is 18.8 Å². The molecule has 0 bridgehead atoms. The van der Waals surface area contributed by atoms with Crippen LogP contribution in [0.1, 0.15) is 39.3 Å². The molecule has 0 saturated carbocycles. The van der Waals surface area contributed by atoms with Crippen molar-refractivity contribution in [1.82, 2.24) is 5.32 Å². The Balaban J connectivity index is 0.00000576. The molecule has 1 amide bonds. The van der Waals surface area contributed by atoms with Crippen molar-refractivity contribution >= 4 is 18.3 Å². The third-order valence-corrected chi connectivity index (χ3v) is 2.90. The number of alkyl carbamates (subject to hydrolysis) is 1. The molecule has 0 aliphatic heterocycles. The standard InChI is InChI=1S/C17H24N2O5.CH4/c1-17(2,3)24-16(21)19-14(15(20)22-4)10-12-6-8-13(9-7-12)11-18-23-5;/h6-9,11,14H,10H2,1-5H3,(H,19,21);1H4/b18-11+;. The van der Waals surface area contributed by atoms with E-state index < -0.39 is 23.7 Å². The molecule has 1 unspecified atom stereocenters. The number of hydrogen-bond acceptors (Lipinski definition) is 6.